The molecule has 0 atom stereocenters. The van der Waals surface area contributed by atoms with Crippen LogP contribution >= 0.6 is 0 Å². The first-order chi connectivity index (χ1) is 8.72. The molecule has 0 aromatic carbocycles. The third-order valence-corrected chi connectivity index (χ3v) is 2.74. The summed E-state index contributed by atoms with van der Waals surface area (Å²) < 4.78 is 1.79. The lowest BCUT2D eigenvalue weighted by atomic mass is 10.1. The van der Waals surface area contributed by atoms with Crippen molar-refractivity contribution in [1.29, 1.82) is 0 Å². The van der Waals surface area contributed by atoms with Gasteiger partial charge >= 0.3 is 0 Å². The Labute approximate surface area is 106 Å². The lowest BCUT2D eigenvalue weighted by Gasteiger charge is -2.08. The van der Waals surface area contributed by atoms with Gasteiger partial charge in [0.05, 0.1) is 5.69 Å². The van der Waals surface area contributed by atoms with Gasteiger partial charge in [0, 0.05) is 24.5 Å². The fourth-order valence-electron chi connectivity index (χ4n) is 1.75. The number of hydrogen-bond acceptors (Lipinski definition) is 4. The molecule has 0 radical (unpaired) electrons. The highest BCUT2D eigenvalue weighted by Crippen LogP contribution is 2.21. The number of pyridine rings is 1. The van der Waals surface area contributed by atoms with E-state index in [0.29, 0.717) is 11.6 Å². The van der Waals surface area contributed by atoms with Gasteiger partial charge in [-0.15, -0.1) is 5.10 Å². The van der Waals surface area contributed by atoms with Crippen molar-refractivity contribution in [3.63, 3.8) is 0 Å². The maximum atomic E-state index is 11.0. The third kappa shape index (κ3) is 2.61. The molecule has 0 saturated carbocycles. The molecule has 2 rings (SSSR count). The second kappa shape index (κ2) is 5.53. The fourth-order valence-corrected chi connectivity index (χ4v) is 1.75. The summed E-state index contributed by atoms with van der Waals surface area (Å²) >= 11 is 0. The summed E-state index contributed by atoms with van der Waals surface area (Å²) in [5.74, 6) is 0.583. The number of aldehydes is 1. The second-order valence-corrected chi connectivity index (χ2v) is 4.58. The zero-order chi connectivity index (χ0) is 13.0. The van der Waals surface area contributed by atoms with E-state index in [4.69, 9.17) is 0 Å². The summed E-state index contributed by atoms with van der Waals surface area (Å²) in [5.41, 5.74) is 2.07. The predicted octanol–water partition coefficient (Wildman–Crippen LogP) is 2.20. The average Bonchev–Trinajstić information content (AvgIpc) is 2.80. The standard InChI is InChI=1S/C13H16N4O/c1-10(2)5-8-17-13(12(9-18)15-16-17)11-3-6-14-7-4-11/h3-4,6-7,9-10H,5,8H2,1-2H3. The molecule has 94 valence electrons. The van der Waals surface area contributed by atoms with Crippen LogP contribution in [0.5, 0.6) is 0 Å². The Morgan fingerprint density at radius 1 is 1.33 bits per heavy atom. The monoisotopic (exact) mass is 244 g/mol. The van der Waals surface area contributed by atoms with Gasteiger partial charge in [0.15, 0.2) is 12.0 Å². The number of carbonyl (C=O) groups is 1. The smallest absolute Gasteiger partial charge is 0.172 e. The lowest BCUT2D eigenvalue weighted by molar-refractivity contribution is 0.111. The van der Waals surface area contributed by atoms with Gasteiger partial charge in [-0.3, -0.25) is 9.78 Å². The Morgan fingerprint density at radius 3 is 2.67 bits per heavy atom. The molecule has 2 aromatic rings. The van der Waals surface area contributed by atoms with Crippen LogP contribution in [0.2, 0.25) is 0 Å². The molecular formula is C13H16N4O. The van der Waals surface area contributed by atoms with Crippen molar-refractivity contribution in [2.45, 2.75) is 26.8 Å². The van der Waals surface area contributed by atoms with E-state index >= 15 is 0 Å². The molecule has 0 aliphatic rings. The van der Waals surface area contributed by atoms with Crippen LogP contribution in [0, 0.1) is 5.92 Å². The molecule has 0 aliphatic heterocycles. The number of carbonyl (C=O) groups excluding carboxylic acids is 1. The van der Waals surface area contributed by atoms with Crippen LogP contribution in [-0.4, -0.2) is 26.3 Å². The number of hydrogen-bond donors (Lipinski definition) is 0. The van der Waals surface area contributed by atoms with Crippen molar-refractivity contribution in [2.75, 3.05) is 0 Å². The minimum atomic E-state index is 0.380. The molecule has 0 amide bonds. The van der Waals surface area contributed by atoms with E-state index in [0.717, 1.165) is 30.5 Å². The van der Waals surface area contributed by atoms with Crippen molar-refractivity contribution < 1.29 is 4.79 Å². The Hall–Kier alpha value is -2.04. The summed E-state index contributed by atoms with van der Waals surface area (Å²) in [6, 6.07) is 3.72. The summed E-state index contributed by atoms with van der Waals surface area (Å²) in [5, 5.41) is 7.96. The van der Waals surface area contributed by atoms with E-state index < -0.39 is 0 Å². The van der Waals surface area contributed by atoms with E-state index in [2.05, 4.69) is 29.1 Å². The SMILES string of the molecule is CC(C)CCn1nnc(C=O)c1-c1ccncc1. The molecule has 18 heavy (non-hydrogen) atoms. The molecule has 0 unspecified atom stereocenters. The Bertz CT molecular complexity index is 519. The van der Waals surface area contributed by atoms with Gasteiger partial charge in [0.25, 0.3) is 0 Å². The minimum Gasteiger partial charge on any atom is -0.296 e. The zero-order valence-corrected chi connectivity index (χ0v) is 10.6. The molecule has 0 fully saturated rings. The summed E-state index contributed by atoms with van der Waals surface area (Å²) in [6.07, 6.45) is 5.14. The molecule has 5 nitrogen and oxygen atoms in total. The molecule has 0 bridgehead atoms. The first kappa shape index (κ1) is 12.4. The van der Waals surface area contributed by atoms with Crippen LogP contribution in [0.25, 0.3) is 11.3 Å². The number of rotatable bonds is 5. The largest absolute Gasteiger partial charge is 0.296 e. The van der Waals surface area contributed by atoms with E-state index in [1.165, 1.54) is 0 Å². The Morgan fingerprint density at radius 2 is 2.06 bits per heavy atom. The van der Waals surface area contributed by atoms with Crippen LogP contribution in [-0.2, 0) is 6.54 Å². The molecule has 2 heterocycles. The molecule has 2 aromatic heterocycles. The quantitative estimate of drug-likeness (QED) is 0.756. The maximum absolute atomic E-state index is 11.0. The molecule has 0 N–H and O–H groups in total. The van der Waals surface area contributed by atoms with Crippen LogP contribution in [0.3, 0.4) is 0 Å². The van der Waals surface area contributed by atoms with E-state index in [9.17, 15) is 4.79 Å². The van der Waals surface area contributed by atoms with Gasteiger partial charge in [-0.2, -0.15) is 0 Å². The van der Waals surface area contributed by atoms with Crippen molar-refractivity contribution in [1.82, 2.24) is 20.0 Å². The molecule has 0 spiro atoms. The van der Waals surface area contributed by atoms with Gasteiger partial charge in [-0.1, -0.05) is 19.1 Å². The van der Waals surface area contributed by atoms with E-state index in [1.54, 1.807) is 17.1 Å². The molecular weight excluding hydrogens is 228 g/mol. The summed E-state index contributed by atoms with van der Waals surface area (Å²) in [6.45, 7) is 5.07. The molecule has 5 heteroatoms. The Kier molecular flexibility index (Phi) is 3.82. The predicted molar refractivity (Wildman–Crippen MR) is 68.1 cm³/mol. The number of nitrogens with zero attached hydrogens (tertiary/aromatic N) is 4. The number of aromatic nitrogens is 4. The van der Waals surface area contributed by atoms with Crippen molar-refractivity contribution >= 4 is 6.29 Å². The highest BCUT2D eigenvalue weighted by molar-refractivity contribution is 5.83. The summed E-state index contributed by atoms with van der Waals surface area (Å²) in [7, 11) is 0. The Balaban J connectivity index is 2.37. The second-order valence-electron chi connectivity index (χ2n) is 4.58. The lowest BCUT2D eigenvalue weighted by Crippen LogP contribution is -2.05. The maximum Gasteiger partial charge on any atom is 0.172 e. The van der Waals surface area contributed by atoms with Crippen molar-refractivity contribution in [2.24, 2.45) is 5.92 Å². The summed E-state index contributed by atoms with van der Waals surface area (Å²) in [4.78, 5) is 15.0. The highest BCUT2D eigenvalue weighted by atomic mass is 16.1. The normalized spacial score (nSPS) is 10.8. The highest BCUT2D eigenvalue weighted by Gasteiger charge is 2.14. The average molecular weight is 244 g/mol. The topological polar surface area (TPSA) is 60.7 Å². The van der Waals surface area contributed by atoms with Crippen molar-refractivity contribution in [3.8, 4) is 11.3 Å². The van der Waals surface area contributed by atoms with Crippen LogP contribution in [0.4, 0.5) is 0 Å². The fraction of sp³-hybridized carbons (Fsp3) is 0.385. The third-order valence-electron chi connectivity index (χ3n) is 2.74. The van der Waals surface area contributed by atoms with Crippen LogP contribution in [0.15, 0.2) is 24.5 Å². The van der Waals surface area contributed by atoms with Gasteiger partial charge in [0.2, 0.25) is 0 Å². The van der Waals surface area contributed by atoms with Gasteiger partial charge in [-0.05, 0) is 24.5 Å². The first-order valence-corrected chi connectivity index (χ1v) is 6.01. The van der Waals surface area contributed by atoms with E-state index in [1.807, 2.05) is 12.1 Å². The van der Waals surface area contributed by atoms with E-state index in [-0.39, 0.29) is 0 Å². The van der Waals surface area contributed by atoms with Crippen LogP contribution in [0.1, 0.15) is 30.8 Å². The molecule has 0 aliphatic carbocycles. The van der Waals surface area contributed by atoms with Crippen LogP contribution < -0.4 is 0 Å². The molecule has 0 saturated heterocycles. The minimum absolute atomic E-state index is 0.380. The number of aryl methyl sites for hydroxylation is 1. The zero-order valence-electron chi connectivity index (χ0n) is 10.6. The first-order valence-electron chi connectivity index (χ1n) is 6.01. The van der Waals surface area contributed by atoms with Gasteiger partial charge in [0.1, 0.15) is 0 Å². The van der Waals surface area contributed by atoms with Gasteiger partial charge in [-0.25, -0.2) is 4.68 Å². The van der Waals surface area contributed by atoms with Crippen molar-refractivity contribution in [3.05, 3.63) is 30.2 Å². The van der Waals surface area contributed by atoms with Gasteiger partial charge < -0.3 is 0 Å².